The van der Waals surface area contributed by atoms with Gasteiger partial charge in [-0.05, 0) is 25.1 Å². The molecular weight excluding hydrogens is 240 g/mol. The molecule has 0 spiro atoms. The highest BCUT2D eigenvalue weighted by molar-refractivity contribution is 6.33. The number of hydrogen-bond donors (Lipinski definition) is 1. The minimum atomic E-state index is -0.0187. The van der Waals surface area contributed by atoms with Gasteiger partial charge in [-0.25, -0.2) is 0 Å². The quantitative estimate of drug-likeness (QED) is 0.811. The SMILES string of the molecule is CC(=O)c1ccc(N2CCNC(=O)C2)c(Cl)c1. The molecule has 1 aromatic carbocycles. The second-order valence-electron chi connectivity index (χ2n) is 3.99. The molecule has 0 saturated carbocycles. The van der Waals surface area contributed by atoms with Crippen molar-refractivity contribution in [2.24, 2.45) is 0 Å². The predicted molar refractivity (Wildman–Crippen MR) is 66.7 cm³/mol. The molecule has 1 aromatic rings. The predicted octanol–water partition coefficient (Wildman–Crippen LogP) is 1.48. The van der Waals surface area contributed by atoms with Crippen LogP contribution in [0.3, 0.4) is 0 Å². The number of ketones is 1. The molecule has 1 amide bonds. The lowest BCUT2D eigenvalue weighted by Crippen LogP contribution is -2.47. The summed E-state index contributed by atoms with van der Waals surface area (Å²) < 4.78 is 0. The van der Waals surface area contributed by atoms with Crippen LogP contribution in [-0.4, -0.2) is 31.3 Å². The number of carbonyl (C=O) groups is 2. The Hall–Kier alpha value is -1.55. The van der Waals surface area contributed by atoms with Gasteiger partial charge in [0.2, 0.25) is 5.91 Å². The van der Waals surface area contributed by atoms with Crippen LogP contribution in [-0.2, 0) is 4.79 Å². The molecular formula is C12H13ClN2O2. The zero-order valence-corrected chi connectivity index (χ0v) is 10.3. The Bertz CT molecular complexity index is 474. The summed E-state index contributed by atoms with van der Waals surface area (Å²) in [4.78, 5) is 24.4. The van der Waals surface area contributed by atoms with Crippen LogP contribution >= 0.6 is 11.6 Å². The van der Waals surface area contributed by atoms with Crippen molar-refractivity contribution in [2.75, 3.05) is 24.5 Å². The molecule has 0 radical (unpaired) electrons. The van der Waals surface area contributed by atoms with Crippen LogP contribution in [0.5, 0.6) is 0 Å². The van der Waals surface area contributed by atoms with E-state index in [0.717, 1.165) is 12.2 Å². The van der Waals surface area contributed by atoms with E-state index in [-0.39, 0.29) is 11.7 Å². The number of nitrogens with one attached hydrogen (secondary N) is 1. The first-order chi connectivity index (χ1) is 8.08. The third kappa shape index (κ3) is 2.58. The summed E-state index contributed by atoms with van der Waals surface area (Å²) in [5.41, 5.74) is 1.38. The maximum absolute atomic E-state index is 11.3. The average Bonchev–Trinajstić information content (AvgIpc) is 2.28. The lowest BCUT2D eigenvalue weighted by atomic mass is 10.1. The van der Waals surface area contributed by atoms with Crippen molar-refractivity contribution in [2.45, 2.75) is 6.92 Å². The third-order valence-corrected chi connectivity index (χ3v) is 3.04. The first-order valence-electron chi connectivity index (χ1n) is 5.40. The van der Waals surface area contributed by atoms with Crippen LogP contribution < -0.4 is 10.2 Å². The molecule has 0 atom stereocenters. The van der Waals surface area contributed by atoms with Crippen LogP contribution in [0.25, 0.3) is 0 Å². The molecule has 1 N–H and O–H groups in total. The van der Waals surface area contributed by atoms with Gasteiger partial charge in [-0.15, -0.1) is 0 Å². The fourth-order valence-corrected chi connectivity index (χ4v) is 2.13. The summed E-state index contributed by atoms with van der Waals surface area (Å²) in [6.07, 6.45) is 0. The van der Waals surface area contributed by atoms with Crippen molar-refractivity contribution >= 4 is 29.0 Å². The summed E-state index contributed by atoms with van der Waals surface area (Å²) in [6.45, 7) is 3.15. The second-order valence-corrected chi connectivity index (χ2v) is 4.40. The van der Waals surface area contributed by atoms with E-state index in [4.69, 9.17) is 11.6 Å². The molecule has 1 heterocycles. The minimum Gasteiger partial charge on any atom is -0.359 e. The Morgan fingerprint density at radius 2 is 2.24 bits per heavy atom. The highest BCUT2D eigenvalue weighted by Gasteiger charge is 2.18. The second kappa shape index (κ2) is 4.75. The molecule has 90 valence electrons. The summed E-state index contributed by atoms with van der Waals surface area (Å²) in [7, 11) is 0. The van der Waals surface area contributed by atoms with E-state index < -0.39 is 0 Å². The Kier molecular flexibility index (Phi) is 3.33. The zero-order valence-electron chi connectivity index (χ0n) is 9.50. The van der Waals surface area contributed by atoms with Gasteiger partial charge in [-0.3, -0.25) is 9.59 Å². The van der Waals surface area contributed by atoms with E-state index in [1.807, 2.05) is 4.90 Å². The van der Waals surface area contributed by atoms with Gasteiger partial charge in [-0.1, -0.05) is 11.6 Å². The van der Waals surface area contributed by atoms with Crippen molar-refractivity contribution in [3.8, 4) is 0 Å². The topological polar surface area (TPSA) is 49.4 Å². The number of hydrogen-bond acceptors (Lipinski definition) is 3. The third-order valence-electron chi connectivity index (χ3n) is 2.73. The molecule has 0 bridgehead atoms. The highest BCUT2D eigenvalue weighted by atomic mass is 35.5. The van der Waals surface area contributed by atoms with Gasteiger partial charge >= 0.3 is 0 Å². The molecule has 1 aliphatic rings. The van der Waals surface area contributed by atoms with Crippen molar-refractivity contribution < 1.29 is 9.59 Å². The first-order valence-corrected chi connectivity index (χ1v) is 5.78. The molecule has 0 unspecified atom stereocenters. The maximum atomic E-state index is 11.3. The Morgan fingerprint density at radius 3 is 2.82 bits per heavy atom. The summed E-state index contributed by atoms with van der Waals surface area (Å²) >= 11 is 6.13. The lowest BCUT2D eigenvalue weighted by molar-refractivity contribution is -0.120. The summed E-state index contributed by atoms with van der Waals surface area (Å²) in [5.74, 6) is -0.0298. The fourth-order valence-electron chi connectivity index (χ4n) is 1.83. The Morgan fingerprint density at radius 1 is 1.47 bits per heavy atom. The summed E-state index contributed by atoms with van der Waals surface area (Å²) in [5, 5.41) is 3.26. The van der Waals surface area contributed by atoms with Gasteiger partial charge in [-0.2, -0.15) is 0 Å². The lowest BCUT2D eigenvalue weighted by Gasteiger charge is -2.29. The van der Waals surface area contributed by atoms with E-state index in [9.17, 15) is 9.59 Å². The minimum absolute atomic E-state index is 0.0111. The van der Waals surface area contributed by atoms with E-state index in [0.29, 0.717) is 23.7 Å². The number of piperazine rings is 1. The highest BCUT2D eigenvalue weighted by Crippen LogP contribution is 2.27. The van der Waals surface area contributed by atoms with Gasteiger partial charge in [0.1, 0.15) is 0 Å². The number of amides is 1. The number of Topliss-reactive ketones (excluding diaryl/α,β-unsaturated/α-hetero) is 1. The smallest absolute Gasteiger partial charge is 0.239 e. The van der Waals surface area contributed by atoms with E-state index in [1.165, 1.54) is 6.92 Å². The molecule has 2 rings (SSSR count). The van der Waals surface area contributed by atoms with Gasteiger partial charge in [0, 0.05) is 18.7 Å². The van der Waals surface area contributed by atoms with Crippen LogP contribution in [0, 0.1) is 0 Å². The first kappa shape index (κ1) is 11.9. The summed E-state index contributed by atoms with van der Waals surface area (Å²) in [6, 6.07) is 5.17. The van der Waals surface area contributed by atoms with Crippen molar-refractivity contribution in [1.29, 1.82) is 0 Å². The molecule has 4 nitrogen and oxygen atoms in total. The molecule has 17 heavy (non-hydrogen) atoms. The molecule has 5 heteroatoms. The Labute approximate surface area is 105 Å². The molecule has 1 saturated heterocycles. The number of carbonyl (C=O) groups excluding carboxylic acids is 2. The molecule has 0 aromatic heterocycles. The van der Waals surface area contributed by atoms with Crippen molar-refractivity contribution in [1.82, 2.24) is 5.32 Å². The molecule has 1 aliphatic heterocycles. The number of halogens is 1. The van der Waals surface area contributed by atoms with Gasteiger partial charge in [0.05, 0.1) is 17.3 Å². The van der Waals surface area contributed by atoms with E-state index in [1.54, 1.807) is 18.2 Å². The average molecular weight is 253 g/mol. The van der Waals surface area contributed by atoms with Gasteiger partial charge < -0.3 is 10.2 Å². The zero-order chi connectivity index (χ0) is 12.4. The molecule has 1 fully saturated rings. The molecule has 0 aliphatic carbocycles. The normalized spacial score (nSPS) is 15.6. The number of anilines is 1. The monoisotopic (exact) mass is 252 g/mol. The van der Waals surface area contributed by atoms with Crippen LogP contribution in [0.4, 0.5) is 5.69 Å². The number of rotatable bonds is 2. The van der Waals surface area contributed by atoms with Gasteiger partial charge in [0.15, 0.2) is 5.78 Å². The van der Waals surface area contributed by atoms with Gasteiger partial charge in [0.25, 0.3) is 0 Å². The largest absolute Gasteiger partial charge is 0.359 e. The van der Waals surface area contributed by atoms with Crippen LogP contribution in [0.1, 0.15) is 17.3 Å². The fraction of sp³-hybridized carbons (Fsp3) is 0.333. The van der Waals surface area contributed by atoms with E-state index >= 15 is 0 Å². The van der Waals surface area contributed by atoms with Crippen molar-refractivity contribution in [3.05, 3.63) is 28.8 Å². The van der Waals surface area contributed by atoms with E-state index in [2.05, 4.69) is 5.32 Å². The Balaban J connectivity index is 2.26. The number of nitrogens with zero attached hydrogens (tertiary/aromatic N) is 1. The maximum Gasteiger partial charge on any atom is 0.239 e. The van der Waals surface area contributed by atoms with Crippen LogP contribution in [0.2, 0.25) is 5.02 Å². The van der Waals surface area contributed by atoms with Crippen molar-refractivity contribution in [3.63, 3.8) is 0 Å². The van der Waals surface area contributed by atoms with Crippen LogP contribution in [0.15, 0.2) is 18.2 Å². The number of benzene rings is 1. The standard InChI is InChI=1S/C12H13ClN2O2/c1-8(16)9-2-3-11(10(13)6-9)15-5-4-14-12(17)7-15/h2-3,6H,4-5,7H2,1H3,(H,14,17).